The van der Waals surface area contributed by atoms with Crippen LogP contribution < -0.4 is 33.8 Å². The third-order valence-electron chi connectivity index (χ3n) is 4.02. The molecule has 2 aromatic rings. The normalized spacial score (nSPS) is 15.4. The van der Waals surface area contributed by atoms with Gasteiger partial charge in [0, 0.05) is 14.1 Å². The van der Waals surface area contributed by atoms with Crippen LogP contribution in [0.25, 0.3) is 10.9 Å². The third-order valence-corrected chi connectivity index (χ3v) is 4.02. The highest BCUT2D eigenvalue weighted by molar-refractivity contribution is 5.88. The Balaban J connectivity index is 0.000000399. The summed E-state index contributed by atoms with van der Waals surface area (Å²) in [7, 11) is -0.828. The molecule has 8 nitrogen and oxygen atoms in total. The van der Waals surface area contributed by atoms with Gasteiger partial charge in [0.15, 0.2) is 0 Å². The Labute approximate surface area is 148 Å². The standard InChI is InChI=1S/C16H22N4.ClHO4/c1-20(2)15-13-10-6-7-11-14(13)18-16(19-15)17-12-8-4-3-5-9-12;2-1(3,4)5/h6-7,10-12H,3-5,8-9H2,1-2H3,(H,17,18,19);(H,2,3,4,5). The van der Waals surface area contributed by atoms with E-state index in [9.17, 15) is 0 Å². The first kappa shape index (κ1) is 19.6. The average Bonchev–Trinajstić information content (AvgIpc) is 2.53. The number of fused-ring (bicyclic) bond motifs is 1. The van der Waals surface area contributed by atoms with Crippen molar-refractivity contribution < 1.29 is 33.9 Å². The molecule has 0 radical (unpaired) electrons. The number of hydrogen-bond acceptors (Lipinski definition) is 7. The molecule has 1 aliphatic carbocycles. The van der Waals surface area contributed by atoms with E-state index in [1.165, 1.54) is 32.1 Å². The quantitative estimate of drug-likeness (QED) is 0.666. The maximum Gasteiger partial charge on any atom is 0.345 e. The first-order chi connectivity index (χ1) is 11.7. The van der Waals surface area contributed by atoms with E-state index in [-0.39, 0.29) is 0 Å². The topological polar surface area (TPSA) is 135 Å². The Morgan fingerprint density at radius 3 is 2.28 bits per heavy atom. The van der Waals surface area contributed by atoms with Crippen LogP contribution in [0.3, 0.4) is 0 Å². The minimum atomic E-state index is -4.94. The van der Waals surface area contributed by atoms with Crippen LogP contribution in [0, 0.1) is 10.2 Å². The summed E-state index contributed by atoms with van der Waals surface area (Å²) < 4.78 is 34.0. The zero-order valence-electron chi connectivity index (χ0n) is 14.3. The second kappa shape index (κ2) is 8.59. The van der Waals surface area contributed by atoms with Crippen LogP contribution in [0.4, 0.5) is 11.8 Å². The van der Waals surface area contributed by atoms with Gasteiger partial charge in [-0.1, -0.05) is 31.4 Å². The molecule has 9 heteroatoms. The molecule has 1 fully saturated rings. The molecule has 1 aliphatic rings. The number of para-hydroxylation sites is 1. The van der Waals surface area contributed by atoms with E-state index in [0.29, 0.717) is 6.04 Å². The molecule has 0 amide bonds. The molecule has 0 aliphatic heterocycles. The zero-order valence-corrected chi connectivity index (χ0v) is 15.1. The number of hydrogen-bond donors (Lipinski definition) is 1. The molecule has 1 aromatic carbocycles. The van der Waals surface area contributed by atoms with Crippen molar-refractivity contribution in [2.45, 2.75) is 38.1 Å². The largest absolute Gasteiger partial charge is 0.345 e. The highest BCUT2D eigenvalue weighted by Crippen LogP contribution is 2.23. The lowest BCUT2D eigenvalue weighted by Gasteiger charge is -2.20. The molecule has 0 saturated heterocycles. The van der Waals surface area contributed by atoms with Gasteiger partial charge in [-0.15, -0.1) is 15.2 Å². The van der Waals surface area contributed by atoms with Crippen molar-refractivity contribution >= 4 is 22.7 Å². The molecule has 138 valence electrons. The van der Waals surface area contributed by atoms with E-state index >= 15 is 0 Å². The third kappa shape index (κ3) is 6.60. The molecule has 1 aromatic heterocycles. The van der Waals surface area contributed by atoms with Crippen molar-refractivity contribution in [3.8, 4) is 0 Å². The van der Waals surface area contributed by atoms with Crippen molar-refractivity contribution in [1.82, 2.24) is 4.98 Å². The molecule has 2 N–H and O–H groups in total. The maximum atomic E-state index is 8.49. The first-order valence-corrected chi connectivity index (χ1v) is 9.35. The zero-order chi connectivity index (χ0) is 18.4. The molecule has 0 spiro atoms. The summed E-state index contributed by atoms with van der Waals surface area (Å²) in [6.07, 6.45) is 6.52. The van der Waals surface area contributed by atoms with Crippen molar-refractivity contribution in [3.63, 3.8) is 0 Å². The molecular weight excluding hydrogens is 348 g/mol. The van der Waals surface area contributed by atoms with Crippen molar-refractivity contribution in [2.75, 3.05) is 24.3 Å². The Bertz CT molecular complexity index is 681. The van der Waals surface area contributed by atoms with Crippen LogP contribution in [0.15, 0.2) is 24.3 Å². The number of nitrogens with one attached hydrogen (secondary N) is 2. The smallest absolute Gasteiger partial charge is 0.313 e. The fraction of sp³-hybridized carbons (Fsp3) is 0.500. The fourth-order valence-corrected chi connectivity index (χ4v) is 2.96. The molecule has 25 heavy (non-hydrogen) atoms. The Kier molecular flexibility index (Phi) is 6.74. The summed E-state index contributed by atoms with van der Waals surface area (Å²) in [6.45, 7) is 0. The number of nitrogens with zero attached hydrogens (tertiary/aromatic N) is 2. The van der Waals surface area contributed by atoms with Crippen LogP contribution >= 0.6 is 0 Å². The van der Waals surface area contributed by atoms with Crippen LogP contribution in [0.1, 0.15) is 32.1 Å². The Morgan fingerprint density at radius 2 is 1.68 bits per heavy atom. The van der Waals surface area contributed by atoms with E-state index in [4.69, 9.17) is 23.6 Å². The van der Waals surface area contributed by atoms with Crippen LogP contribution in [0.2, 0.25) is 0 Å². The molecular formula is C16H23ClN4O4. The van der Waals surface area contributed by atoms with Gasteiger partial charge in [-0.3, -0.25) is 5.32 Å². The van der Waals surface area contributed by atoms with Crippen molar-refractivity contribution in [1.29, 1.82) is 0 Å². The first-order valence-electron chi connectivity index (χ1n) is 8.11. The predicted molar refractivity (Wildman–Crippen MR) is 83.1 cm³/mol. The van der Waals surface area contributed by atoms with Crippen LogP contribution in [-0.2, 0) is 0 Å². The molecule has 0 bridgehead atoms. The van der Waals surface area contributed by atoms with Gasteiger partial charge in [-0.25, -0.2) is 23.6 Å². The van der Waals surface area contributed by atoms with E-state index in [1.54, 1.807) is 0 Å². The SMILES string of the molecule is CN(C)c1[nH+]c(NC2CCCCC2)nc2ccccc12.[O-][Cl+3]([O-])([O-])[O-]. The summed E-state index contributed by atoms with van der Waals surface area (Å²) >= 11 is 0. The minimum absolute atomic E-state index is 0.559. The van der Waals surface area contributed by atoms with E-state index in [0.717, 1.165) is 22.7 Å². The lowest BCUT2D eigenvalue weighted by atomic mass is 9.96. The summed E-state index contributed by atoms with van der Waals surface area (Å²) in [5, 5.41) is 4.73. The van der Waals surface area contributed by atoms with Gasteiger partial charge in [-0.05, 0) is 25.0 Å². The number of rotatable bonds is 3. The summed E-state index contributed by atoms with van der Waals surface area (Å²) in [6, 6.07) is 8.84. The van der Waals surface area contributed by atoms with Gasteiger partial charge < -0.3 is 4.90 Å². The molecule has 0 unspecified atom stereocenters. The Hall–Kier alpha value is -1.71. The van der Waals surface area contributed by atoms with E-state index in [1.807, 2.05) is 6.07 Å². The van der Waals surface area contributed by atoms with E-state index < -0.39 is 10.2 Å². The number of anilines is 2. The lowest BCUT2D eigenvalue weighted by molar-refractivity contribution is -2.00. The van der Waals surface area contributed by atoms with Gasteiger partial charge in [0.05, 0.1) is 11.4 Å². The molecule has 3 rings (SSSR count). The Morgan fingerprint density at radius 1 is 1.08 bits per heavy atom. The summed E-state index contributed by atoms with van der Waals surface area (Å²) in [4.78, 5) is 10.3. The van der Waals surface area contributed by atoms with Crippen molar-refractivity contribution in [2.24, 2.45) is 0 Å². The van der Waals surface area contributed by atoms with Gasteiger partial charge >= 0.3 is 5.95 Å². The summed E-state index contributed by atoms with van der Waals surface area (Å²) in [5.41, 5.74) is 1.04. The monoisotopic (exact) mass is 370 g/mol. The minimum Gasteiger partial charge on any atom is -0.313 e. The molecule has 0 atom stereocenters. The molecule has 1 heterocycles. The highest BCUT2D eigenvalue weighted by atomic mass is 35.7. The number of halogens is 1. The highest BCUT2D eigenvalue weighted by Gasteiger charge is 2.19. The second-order valence-electron chi connectivity index (χ2n) is 6.20. The second-order valence-corrected chi connectivity index (χ2v) is 6.96. The van der Waals surface area contributed by atoms with Crippen LogP contribution in [-0.4, -0.2) is 25.1 Å². The number of aromatic amines is 1. The average molecular weight is 371 g/mol. The van der Waals surface area contributed by atoms with Crippen LogP contribution in [0.5, 0.6) is 0 Å². The van der Waals surface area contributed by atoms with Crippen molar-refractivity contribution in [3.05, 3.63) is 24.3 Å². The maximum absolute atomic E-state index is 8.49. The summed E-state index contributed by atoms with van der Waals surface area (Å²) in [5.74, 6) is 1.99. The predicted octanol–water partition coefficient (Wildman–Crippen LogP) is -1.90. The number of H-pyrrole nitrogens is 1. The molecule has 1 saturated carbocycles. The van der Waals surface area contributed by atoms with Gasteiger partial charge in [0.25, 0.3) is 0 Å². The lowest BCUT2D eigenvalue weighted by Crippen LogP contribution is -2.68. The van der Waals surface area contributed by atoms with Gasteiger partial charge in [0.2, 0.25) is 5.82 Å². The number of aromatic nitrogens is 2. The number of benzene rings is 1. The van der Waals surface area contributed by atoms with E-state index in [2.05, 4.69) is 47.5 Å². The van der Waals surface area contributed by atoms with Gasteiger partial charge in [-0.2, -0.15) is 0 Å². The fourth-order valence-electron chi connectivity index (χ4n) is 2.96. The van der Waals surface area contributed by atoms with Gasteiger partial charge in [0.1, 0.15) is 5.52 Å².